The summed E-state index contributed by atoms with van der Waals surface area (Å²) < 4.78 is 13.7. The van der Waals surface area contributed by atoms with Crippen LogP contribution in [0.5, 0.6) is 11.5 Å². The van der Waals surface area contributed by atoms with E-state index in [1.54, 1.807) is 30.6 Å². The number of nitrogens with zero attached hydrogens (tertiary/aromatic N) is 5. The number of ether oxygens (including phenoxy) is 2. The van der Waals surface area contributed by atoms with Crippen LogP contribution in [0.15, 0.2) is 35.4 Å². The Labute approximate surface area is 178 Å². The van der Waals surface area contributed by atoms with Crippen molar-refractivity contribution in [1.82, 2.24) is 19.2 Å². The molecule has 162 valence electrons. The molecule has 1 fully saturated rings. The van der Waals surface area contributed by atoms with E-state index in [1.165, 1.54) is 21.9 Å². The van der Waals surface area contributed by atoms with Crippen molar-refractivity contribution in [2.45, 2.75) is 32.2 Å². The number of fused-ring (bicyclic) bond motifs is 2. The lowest BCUT2D eigenvalue weighted by atomic mass is 10.2. The van der Waals surface area contributed by atoms with Gasteiger partial charge in [0.25, 0.3) is 0 Å². The maximum atomic E-state index is 12.8. The van der Waals surface area contributed by atoms with Crippen molar-refractivity contribution in [3.63, 3.8) is 0 Å². The number of nitrogens with one attached hydrogen (secondary N) is 1. The second-order valence-corrected chi connectivity index (χ2v) is 7.69. The van der Waals surface area contributed by atoms with Gasteiger partial charge in [-0.2, -0.15) is 0 Å². The molecule has 10 nitrogen and oxygen atoms in total. The third-order valence-corrected chi connectivity index (χ3v) is 5.51. The van der Waals surface area contributed by atoms with Crippen molar-refractivity contribution in [2.75, 3.05) is 36.5 Å². The van der Waals surface area contributed by atoms with Crippen molar-refractivity contribution in [1.29, 1.82) is 0 Å². The van der Waals surface area contributed by atoms with Crippen LogP contribution in [0.3, 0.4) is 0 Å². The van der Waals surface area contributed by atoms with Crippen LogP contribution in [0.25, 0.3) is 5.65 Å². The van der Waals surface area contributed by atoms with Gasteiger partial charge in [-0.3, -0.25) is 4.79 Å². The van der Waals surface area contributed by atoms with E-state index < -0.39 is 0 Å². The van der Waals surface area contributed by atoms with Gasteiger partial charge in [0, 0.05) is 37.2 Å². The van der Waals surface area contributed by atoms with Gasteiger partial charge < -0.3 is 19.7 Å². The van der Waals surface area contributed by atoms with E-state index in [4.69, 9.17) is 9.47 Å². The Hall–Kier alpha value is -3.56. The van der Waals surface area contributed by atoms with E-state index in [1.807, 2.05) is 0 Å². The molecule has 10 heteroatoms. The minimum atomic E-state index is -0.370. The van der Waals surface area contributed by atoms with Gasteiger partial charge in [0.2, 0.25) is 11.6 Å². The van der Waals surface area contributed by atoms with E-state index in [0.717, 1.165) is 25.9 Å². The molecular weight excluding hydrogens is 400 g/mol. The largest absolute Gasteiger partial charge is 0.486 e. The standard InChI is InChI=1S/C21H24N6O4/c28-18(23-15-5-6-16-17(13-15)31-12-11-30-16)14-27-21(29)26-10-7-22-19(20(26)24-27)25-8-3-1-2-4-9-25/h5-7,10,13H,1-4,8-9,11-12,14H2,(H,23,28). The molecule has 0 aliphatic carbocycles. The molecule has 2 aromatic heterocycles. The van der Waals surface area contributed by atoms with Gasteiger partial charge >= 0.3 is 5.69 Å². The number of anilines is 2. The van der Waals surface area contributed by atoms with Crippen molar-refractivity contribution in [3.8, 4) is 11.5 Å². The van der Waals surface area contributed by atoms with E-state index in [0.29, 0.717) is 41.9 Å². The molecule has 2 aliphatic rings. The van der Waals surface area contributed by atoms with Crippen molar-refractivity contribution in [2.24, 2.45) is 0 Å². The number of amides is 1. The van der Waals surface area contributed by atoms with E-state index in [9.17, 15) is 9.59 Å². The highest BCUT2D eigenvalue weighted by Crippen LogP contribution is 2.32. The van der Waals surface area contributed by atoms with Gasteiger partial charge in [0.15, 0.2) is 17.3 Å². The third-order valence-electron chi connectivity index (χ3n) is 5.51. The first-order chi connectivity index (χ1) is 15.2. The first-order valence-electron chi connectivity index (χ1n) is 10.6. The van der Waals surface area contributed by atoms with Crippen molar-refractivity contribution in [3.05, 3.63) is 41.1 Å². The van der Waals surface area contributed by atoms with E-state index in [2.05, 4.69) is 20.3 Å². The maximum Gasteiger partial charge on any atom is 0.350 e. The molecule has 0 spiro atoms. The smallest absolute Gasteiger partial charge is 0.350 e. The SMILES string of the molecule is O=C(Cn1nc2c(N3CCCCCC3)nccn2c1=O)Nc1ccc2c(c1)OCCO2. The highest BCUT2D eigenvalue weighted by Gasteiger charge is 2.19. The van der Waals surface area contributed by atoms with Gasteiger partial charge in [-0.1, -0.05) is 12.8 Å². The molecule has 3 aromatic rings. The highest BCUT2D eigenvalue weighted by atomic mass is 16.6. The zero-order valence-electron chi connectivity index (χ0n) is 17.1. The third kappa shape index (κ3) is 3.92. The van der Waals surface area contributed by atoms with Gasteiger partial charge in [0.1, 0.15) is 19.8 Å². The molecule has 1 saturated heterocycles. The summed E-state index contributed by atoms with van der Waals surface area (Å²) in [6, 6.07) is 5.19. The molecule has 0 atom stereocenters. The van der Waals surface area contributed by atoms with Crippen LogP contribution in [0.1, 0.15) is 25.7 Å². The lowest BCUT2D eigenvalue weighted by Gasteiger charge is -2.21. The predicted octanol–water partition coefficient (Wildman–Crippen LogP) is 1.68. The summed E-state index contributed by atoms with van der Waals surface area (Å²) >= 11 is 0. The molecule has 5 rings (SSSR count). The first-order valence-corrected chi connectivity index (χ1v) is 10.6. The number of aromatic nitrogens is 4. The van der Waals surface area contributed by atoms with Gasteiger partial charge in [-0.15, -0.1) is 5.10 Å². The quantitative estimate of drug-likeness (QED) is 0.680. The van der Waals surface area contributed by atoms with Crippen LogP contribution >= 0.6 is 0 Å². The summed E-state index contributed by atoms with van der Waals surface area (Å²) in [4.78, 5) is 32.1. The number of hydrogen-bond donors (Lipinski definition) is 1. The Morgan fingerprint density at radius 3 is 2.65 bits per heavy atom. The minimum absolute atomic E-state index is 0.200. The lowest BCUT2D eigenvalue weighted by Crippen LogP contribution is -2.28. The van der Waals surface area contributed by atoms with Crippen molar-refractivity contribution < 1.29 is 14.3 Å². The monoisotopic (exact) mass is 424 g/mol. The summed E-state index contributed by atoms with van der Waals surface area (Å²) in [6.45, 7) is 2.54. The zero-order chi connectivity index (χ0) is 21.2. The van der Waals surface area contributed by atoms with Crippen LogP contribution in [0.4, 0.5) is 11.5 Å². The Kier molecular flexibility index (Phi) is 5.19. The van der Waals surface area contributed by atoms with Crippen LogP contribution in [-0.2, 0) is 11.3 Å². The molecule has 2 aliphatic heterocycles. The zero-order valence-corrected chi connectivity index (χ0v) is 17.1. The second kappa shape index (κ2) is 8.29. The topological polar surface area (TPSA) is 103 Å². The molecular formula is C21H24N6O4. The number of benzene rings is 1. The summed E-state index contributed by atoms with van der Waals surface area (Å²) in [7, 11) is 0. The van der Waals surface area contributed by atoms with Gasteiger partial charge in [-0.05, 0) is 25.0 Å². The molecule has 0 unspecified atom stereocenters. The molecule has 0 saturated carbocycles. The Bertz CT molecular complexity index is 1160. The summed E-state index contributed by atoms with van der Waals surface area (Å²) in [5, 5.41) is 7.22. The second-order valence-electron chi connectivity index (χ2n) is 7.69. The van der Waals surface area contributed by atoms with E-state index >= 15 is 0 Å². The van der Waals surface area contributed by atoms with Crippen LogP contribution < -0.4 is 25.4 Å². The van der Waals surface area contributed by atoms with Gasteiger partial charge in [-0.25, -0.2) is 18.9 Å². The molecule has 0 bridgehead atoms. The molecule has 0 radical (unpaired) electrons. The van der Waals surface area contributed by atoms with Crippen LogP contribution in [0.2, 0.25) is 0 Å². The normalized spacial score (nSPS) is 16.2. The first kappa shape index (κ1) is 19.4. The van der Waals surface area contributed by atoms with Crippen molar-refractivity contribution >= 4 is 23.1 Å². The summed E-state index contributed by atoms with van der Waals surface area (Å²) in [6.07, 6.45) is 7.76. The fraction of sp³-hybridized carbons (Fsp3) is 0.429. The fourth-order valence-electron chi connectivity index (χ4n) is 4.00. The maximum absolute atomic E-state index is 12.8. The van der Waals surface area contributed by atoms with E-state index in [-0.39, 0.29) is 18.1 Å². The molecule has 1 amide bonds. The van der Waals surface area contributed by atoms with Crippen LogP contribution in [0, 0.1) is 0 Å². The average molecular weight is 424 g/mol. The van der Waals surface area contributed by atoms with Crippen LogP contribution in [-0.4, -0.2) is 51.4 Å². The Morgan fingerprint density at radius 1 is 1.06 bits per heavy atom. The van der Waals surface area contributed by atoms with Gasteiger partial charge in [0.05, 0.1) is 0 Å². The Balaban J connectivity index is 1.36. The number of carbonyl (C=O) groups excluding carboxylic acids is 1. The molecule has 31 heavy (non-hydrogen) atoms. The number of rotatable bonds is 4. The molecule has 4 heterocycles. The fourth-order valence-corrected chi connectivity index (χ4v) is 4.00. The Morgan fingerprint density at radius 2 is 1.84 bits per heavy atom. The molecule has 1 aromatic carbocycles. The highest BCUT2D eigenvalue weighted by molar-refractivity contribution is 5.91. The summed E-state index contributed by atoms with van der Waals surface area (Å²) in [5.41, 5.74) is 0.672. The lowest BCUT2D eigenvalue weighted by molar-refractivity contribution is -0.117. The summed E-state index contributed by atoms with van der Waals surface area (Å²) in [5.74, 6) is 1.57. The minimum Gasteiger partial charge on any atom is -0.486 e. The number of hydrogen-bond acceptors (Lipinski definition) is 7. The number of carbonyl (C=O) groups is 1. The average Bonchev–Trinajstić information content (AvgIpc) is 2.96. The predicted molar refractivity (Wildman–Crippen MR) is 114 cm³/mol. The molecule has 1 N–H and O–H groups in total.